The molecule has 0 aliphatic rings. The van der Waals surface area contributed by atoms with Crippen LogP contribution in [0.3, 0.4) is 0 Å². The summed E-state index contributed by atoms with van der Waals surface area (Å²) in [7, 11) is 0. The molecule has 0 saturated heterocycles. The minimum absolute atomic E-state index is 0.00781. The Hall–Kier alpha value is -1.42. The number of fused-ring (bicyclic) bond motifs is 1. The number of thiazole rings is 1. The first-order chi connectivity index (χ1) is 7.60. The number of benzene rings is 1. The molecule has 16 heavy (non-hydrogen) atoms. The van der Waals surface area contributed by atoms with Crippen molar-refractivity contribution in [3.05, 3.63) is 23.3 Å². The number of nitrogens with one attached hydrogen (secondary N) is 1. The van der Waals surface area contributed by atoms with Gasteiger partial charge in [-0.2, -0.15) is 0 Å². The van der Waals surface area contributed by atoms with Gasteiger partial charge in [-0.25, -0.2) is 4.98 Å². The third-order valence-electron chi connectivity index (χ3n) is 2.40. The van der Waals surface area contributed by atoms with E-state index in [4.69, 9.17) is 0 Å². The first kappa shape index (κ1) is 11.1. The molecule has 4 heteroatoms. The molecule has 2 aromatic rings. The lowest BCUT2D eigenvalue weighted by Crippen LogP contribution is -2.08. The number of aromatic nitrogens is 1. The molecule has 0 saturated carbocycles. The van der Waals surface area contributed by atoms with Crippen molar-refractivity contribution in [3.8, 4) is 0 Å². The lowest BCUT2D eigenvalue weighted by Gasteiger charge is -1.96. The summed E-state index contributed by atoms with van der Waals surface area (Å²) in [6, 6.07) is 4.20. The number of carbonyl (C=O) groups excluding carboxylic acids is 1. The molecule has 1 aromatic heterocycles. The first-order valence-corrected chi connectivity index (χ1v) is 6.09. The molecule has 0 aliphatic carbocycles. The highest BCUT2D eigenvalue weighted by Gasteiger charge is 2.08. The molecule has 84 valence electrons. The van der Waals surface area contributed by atoms with Gasteiger partial charge in [0, 0.05) is 6.42 Å². The summed E-state index contributed by atoms with van der Waals surface area (Å²) >= 11 is 1.53. The van der Waals surface area contributed by atoms with E-state index in [1.807, 2.05) is 13.8 Å². The zero-order chi connectivity index (χ0) is 11.7. The fourth-order valence-electron chi connectivity index (χ4n) is 1.63. The molecule has 1 amide bonds. The van der Waals surface area contributed by atoms with Crippen molar-refractivity contribution in [2.45, 2.75) is 27.2 Å². The Bertz CT molecular complexity index is 545. The molecule has 0 spiro atoms. The summed E-state index contributed by atoms with van der Waals surface area (Å²) in [5.41, 5.74) is 3.37. The monoisotopic (exact) mass is 234 g/mol. The van der Waals surface area contributed by atoms with Crippen molar-refractivity contribution in [2.24, 2.45) is 0 Å². The number of rotatable bonds is 2. The summed E-state index contributed by atoms with van der Waals surface area (Å²) in [5.74, 6) is 0.00781. The first-order valence-electron chi connectivity index (χ1n) is 5.27. The third-order valence-corrected chi connectivity index (χ3v) is 3.32. The van der Waals surface area contributed by atoms with Crippen LogP contribution in [0.25, 0.3) is 10.2 Å². The highest BCUT2D eigenvalue weighted by atomic mass is 32.1. The van der Waals surface area contributed by atoms with Crippen molar-refractivity contribution < 1.29 is 4.79 Å². The van der Waals surface area contributed by atoms with Crippen molar-refractivity contribution in [1.82, 2.24) is 4.98 Å². The van der Waals surface area contributed by atoms with Crippen LogP contribution in [0, 0.1) is 13.8 Å². The predicted octanol–water partition coefficient (Wildman–Crippen LogP) is 3.26. The average Bonchev–Trinajstić information content (AvgIpc) is 2.60. The van der Waals surface area contributed by atoms with Crippen molar-refractivity contribution in [1.29, 1.82) is 0 Å². The number of amides is 1. The molecule has 0 unspecified atom stereocenters. The van der Waals surface area contributed by atoms with Gasteiger partial charge >= 0.3 is 0 Å². The number of carbonyl (C=O) groups is 1. The Labute approximate surface area is 98.5 Å². The second kappa shape index (κ2) is 4.22. The smallest absolute Gasteiger partial charge is 0.225 e. The van der Waals surface area contributed by atoms with E-state index in [-0.39, 0.29) is 5.91 Å². The highest BCUT2D eigenvalue weighted by Crippen LogP contribution is 2.29. The predicted molar refractivity (Wildman–Crippen MR) is 68.0 cm³/mol. The number of hydrogen-bond donors (Lipinski definition) is 1. The van der Waals surface area contributed by atoms with Crippen LogP contribution >= 0.6 is 11.3 Å². The standard InChI is InChI=1S/C12H14N2OS/c1-4-10(15)13-12-14-11-8(3)5-7(2)6-9(11)16-12/h5-6H,4H2,1-3H3,(H,13,14,15). The topological polar surface area (TPSA) is 42.0 Å². The van der Waals surface area contributed by atoms with Crippen molar-refractivity contribution in [3.63, 3.8) is 0 Å². The molecule has 1 N–H and O–H groups in total. The quantitative estimate of drug-likeness (QED) is 0.866. The van der Waals surface area contributed by atoms with E-state index in [0.29, 0.717) is 11.6 Å². The fraction of sp³-hybridized carbons (Fsp3) is 0.333. The van der Waals surface area contributed by atoms with E-state index in [0.717, 1.165) is 15.8 Å². The number of aryl methyl sites for hydroxylation is 2. The molecule has 1 heterocycles. The molecular formula is C12H14N2OS. The summed E-state index contributed by atoms with van der Waals surface area (Å²) in [6.07, 6.45) is 0.480. The minimum atomic E-state index is 0.00781. The van der Waals surface area contributed by atoms with E-state index < -0.39 is 0 Å². The number of anilines is 1. The van der Waals surface area contributed by atoms with Crippen LogP contribution in [0.15, 0.2) is 12.1 Å². The molecule has 0 aliphatic heterocycles. The van der Waals surface area contributed by atoms with Crippen LogP contribution in [-0.2, 0) is 4.79 Å². The van der Waals surface area contributed by atoms with Gasteiger partial charge < -0.3 is 5.32 Å². The molecule has 0 radical (unpaired) electrons. The Morgan fingerprint density at radius 3 is 2.88 bits per heavy atom. The minimum Gasteiger partial charge on any atom is -0.302 e. The number of nitrogens with zero attached hydrogens (tertiary/aromatic N) is 1. The fourth-order valence-corrected chi connectivity index (χ4v) is 2.69. The van der Waals surface area contributed by atoms with Gasteiger partial charge in [-0.1, -0.05) is 24.3 Å². The largest absolute Gasteiger partial charge is 0.302 e. The Morgan fingerprint density at radius 1 is 1.44 bits per heavy atom. The van der Waals surface area contributed by atoms with E-state index in [1.165, 1.54) is 16.9 Å². The van der Waals surface area contributed by atoms with Crippen LogP contribution < -0.4 is 5.32 Å². The summed E-state index contributed by atoms with van der Waals surface area (Å²) in [5, 5.41) is 3.49. The normalized spacial score (nSPS) is 10.7. The SMILES string of the molecule is CCC(=O)Nc1nc2c(C)cc(C)cc2s1. The second-order valence-corrected chi connectivity index (χ2v) is 4.88. The van der Waals surface area contributed by atoms with Gasteiger partial charge in [0.2, 0.25) is 5.91 Å². The van der Waals surface area contributed by atoms with Crippen molar-refractivity contribution >= 4 is 32.6 Å². The van der Waals surface area contributed by atoms with Crippen LogP contribution in [0.5, 0.6) is 0 Å². The zero-order valence-electron chi connectivity index (χ0n) is 9.63. The third kappa shape index (κ3) is 2.07. The van der Waals surface area contributed by atoms with Gasteiger partial charge in [0.25, 0.3) is 0 Å². The van der Waals surface area contributed by atoms with E-state index >= 15 is 0 Å². The van der Waals surface area contributed by atoms with Gasteiger partial charge in [-0.3, -0.25) is 4.79 Å². The molecule has 2 rings (SSSR count). The van der Waals surface area contributed by atoms with Gasteiger partial charge in [0.1, 0.15) is 0 Å². The van der Waals surface area contributed by atoms with Gasteiger partial charge in [-0.05, 0) is 31.0 Å². The van der Waals surface area contributed by atoms with E-state index in [9.17, 15) is 4.79 Å². The molecule has 0 bridgehead atoms. The maximum Gasteiger partial charge on any atom is 0.225 e. The summed E-state index contributed by atoms with van der Waals surface area (Å²) in [6.45, 7) is 5.94. The van der Waals surface area contributed by atoms with Gasteiger partial charge in [0.15, 0.2) is 5.13 Å². The molecule has 0 atom stereocenters. The maximum atomic E-state index is 11.3. The van der Waals surface area contributed by atoms with E-state index in [2.05, 4.69) is 29.4 Å². The van der Waals surface area contributed by atoms with E-state index in [1.54, 1.807) is 0 Å². The lowest BCUT2D eigenvalue weighted by molar-refractivity contribution is -0.115. The molecule has 1 aromatic carbocycles. The maximum absolute atomic E-state index is 11.3. The van der Waals surface area contributed by atoms with Gasteiger partial charge in [0.05, 0.1) is 10.2 Å². The zero-order valence-corrected chi connectivity index (χ0v) is 10.4. The number of hydrogen-bond acceptors (Lipinski definition) is 3. The Balaban J connectivity index is 2.44. The lowest BCUT2D eigenvalue weighted by atomic mass is 10.1. The summed E-state index contributed by atoms with van der Waals surface area (Å²) in [4.78, 5) is 15.7. The average molecular weight is 234 g/mol. The van der Waals surface area contributed by atoms with Crippen LogP contribution in [0.4, 0.5) is 5.13 Å². The second-order valence-electron chi connectivity index (χ2n) is 3.85. The Kier molecular flexibility index (Phi) is 2.92. The van der Waals surface area contributed by atoms with Crippen LogP contribution in [-0.4, -0.2) is 10.9 Å². The summed E-state index contributed by atoms with van der Waals surface area (Å²) < 4.78 is 1.13. The highest BCUT2D eigenvalue weighted by molar-refractivity contribution is 7.22. The Morgan fingerprint density at radius 2 is 2.19 bits per heavy atom. The van der Waals surface area contributed by atoms with Crippen molar-refractivity contribution in [2.75, 3.05) is 5.32 Å². The van der Waals surface area contributed by atoms with Crippen LogP contribution in [0.2, 0.25) is 0 Å². The van der Waals surface area contributed by atoms with Crippen LogP contribution in [0.1, 0.15) is 24.5 Å². The molecule has 0 fully saturated rings. The molecular weight excluding hydrogens is 220 g/mol. The molecule has 3 nitrogen and oxygen atoms in total. The van der Waals surface area contributed by atoms with Gasteiger partial charge in [-0.15, -0.1) is 0 Å².